The number of nitrogens with zero attached hydrogens (tertiary/aromatic N) is 1. The molecule has 2 aliphatic rings. The maximum absolute atomic E-state index is 12.8. The average molecular weight is 438 g/mol. The van der Waals surface area contributed by atoms with E-state index >= 15 is 0 Å². The molecule has 0 unspecified atom stereocenters. The molecular weight excluding hydrogens is 414 g/mol. The number of nitrogens with one attached hydrogen (secondary N) is 2. The smallest absolute Gasteiger partial charge is 0.264 e. The molecular formula is C23H23N3O2S2. The van der Waals surface area contributed by atoms with Crippen LogP contribution in [0.1, 0.15) is 33.3 Å². The minimum absolute atomic E-state index is 0.00993. The van der Waals surface area contributed by atoms with Gasteiger partial charge in [-0.15, -0.1) is 22.7 Å². The van der Waals surface area contributed by atoms with Gasteiger partial charge in [-0.3, -0.25) is 9.59 Å². The van der Waals surface area contributed by atoms with Crippen molar-refractivity contribution >= 4 is 39.5 Å². The van der Waals surface area contributed by atoms with Crippen molar-refractivity contribution in [3.8, 4) is 10.4 Å². The van der Waals surface area contributed by atoms with Crippen molar-refractivity contribution in [1.82, 2.24) is 10.2 Å². The second-order valence-electron chi connectivity index (χ2n) is 7.78. The van der Waals surface area contributed by atoms with Crippen molar-refractivity contribution in [2.45, 2.75) is 24.8 Å². The summed E-state index contributed by atoms with van der Waals surface area (Å²) < 4.78 is 0. The highest BCUT2D eigenvalue weighted by molar-refractivity contribution is 7.18. The molecule has 4 heterocycles. The molecule has 30 heavy (non-hydrogen) atoms. The quantitative estimate of drug-likeness (QED) is 0.622. The lowest BCUT2D eigenvalue weighted by molar-refractivity contribution is -0.117. The summed E-state index contributed by atoms with van der Waals surface area (Å²) in [6.45, 7) is 2.39. The Labute approximate surface area is 183 Å². The Morgan fingerprint density at radius 1 is 1.00 bits per heavy atom. The molecule has 2 aliphatic heterocycles. The lowest BCUT2D eigenvalue weighted by Gasteiger charge is -2.38. The topological polar surface area (TPSA) is 61.4 Å². The van der Waals surface area contributed by atoms with Gasteiger partial charge in [0.25, 0.3) is 5.91 Å². The first-order valence-electron chi connectivity index (χ1n) is 10.3. The summed E-state index contributed by atoms with van der Waals surface area (Å²) in [5, 5.41) is 6.86. The van der Waals surface area contributed by atoms with Gasteiger partial charge in [0, 0.05) is 28.8 Å². The summed E-state index contributed by atoms with van der Waals surface area (Å²) in [5.41, 5.74) is 1.24. The molecule has 1 aromatic carbocycles. The van der Waals surface area contributed by atoms with Crippen LogP contribution in [-0.2, 0) is 4.79 Å². The molecule has 0 radical (unpaired) electrons. The van der Waals surface area contributed by atoms with E-state index in [2.05, 4.69) is 47.0 Å². The number of likely N-dealkylation sites (tertiary alicyclic amines) is 1. The lowest BCUT2D eigenvalue weighted by Crippen LogP contribution is -2.47. The maximum Gasteiger partial charge on any atom is 0.264 e. The standard InChI is InChI=1S/C23H23N3O2S2/c27-22(17-7-4-12-24-17)25-21-11-10-20(30-21)23(28)26-13-16(14-26)19-9-8-18(29-19)15-5-2-1-3-6-15/h1-3,5-6,8-11,16-17,24H,4,7,12-14H2,(H,25,27)/t17-/m0/s1. The van der Waals surface area contributed by atoms with Crippen LogP contribution in [0.15, 0.2) is 54.6 Å². The Balaban J connectivity index is 1.17. The van der Waals surface area contributed by atoms with Crippen LogP contribution in [0, 0.1) is 0 Å². The van der Waals surface area contributed by atoms with Gasteiger partial charge in [0.15, 0.2) is 0 Å². The van der Waals surface area contributed by atoms with Gasteiger partial charge in [-0.25, -0.2) is 0 Å². The molecule has 5 nitrogen and oxygen atoms in total. The van der Waals surface area contributed by atoms with E-state index in [-0.39, 0.29) is 17.9 Å². The summed E-state index contributed by atoms with van der Waals surface area (Å²) in [5.74, 6) is 0.448. The monoisotopic (exact) mass is 437 g/mol. The molecule has 1 atom stereocenters. The molecule has 0 bridgehead atoms. The third-order valence-corrected chi connectivity index (χ3v) is 7.98. The van der Waals surface area contributed by atoms with E-state index in [9.17, 15) is 9.59 Å². The van der Waals surface area contributed by atoms with E-state index in [4.69, 9.17) is 0 Å². The zero-order valence-corrected chi connectivity index (χ0v) is 18.1. The zero-order valence-electron chi connectivity index (χ0n) is 16.5. The van der Waals surface area contributed by atoms with Crippen LogP contribution < -0.4 is 10.6 Å². The summed E-state index contributed by atoms with van der Waals surface area (Å²) in [7, 11) is 0. The minimum Gasteiger partial charge on any atom is -0.337 e. The van der Waals surface area contributed by atoms with E-state index in [1.54, 1.807) is 0 Å². The van der Waals surface area contributed by atoms with Crippen molar-refractivity contribution < 1.29 is 9.59 Å². The molecule has 154 valence electrons. The number of rotatable bonds is 5. The van der Waals surface area contributed by atoms with Crippen LogP contribution in [0.25, 0.3) is 10.4 Å². The van der Waals surface area contributed by atoms with Crippen molar-refractivity contribution in [2.24, 2.45) is 0 Å². The fraction of sp³-hybridized carbons (Fsp3) is 0.304. The second-order valence-corrected chi connectivity index (χ2v) is 9.98. The highest BCUT2D eigenvalue weighted by Gasteiger charge is 2.34. The maximum atomic E-state index is 12.8. The Morgan fingerprint density at radius 3 is 2.60 bits per heavy atom. The first-order valence-corrected chi connectivity index (χ1v) is 11.9. The van der Waals surface area contributed by atoms with Crippen LogP contribution >= 0.6 is 22.7 Å². The fourth-order valence-corrected chi connectivity index (χ4v) is 5.92. The summed E-state index contributed by atoms with van der Waals surface area (Å²) in [6, 6.07) is 18.3. The third-order valence-electron chi connectivity index (χ3n) is 5.70. The number of hydrogen-bond donors (Lipinski definition) is 2. The molecule has 2 N–H and O–H groups in total. The summed E-state index contributed by atoms with van der Waals surface area (Å²) >= 11 is 3.17. The van der Waals surface area contributed by atoms with Crippen molar-refractivity contribution in [3.05, 3.63) is 64.4 Å². The van der Waals surface area contributed by atoms with Crippen LogP contribution in [-0.4, -0.2) is 42.4 Å². The molecule has 2 fully saturated rings. The minimum atomic E-state index is -0.117. The van der Waals surface area contributed by atoms with Crippen molar-refractivity contribution in [1.29, 1.82) is 0 Å². The molecule has 3 aromatic rings. The van der Waals surface area contributed by atoms with E-state index in [0.29, 0.717) is 10.8 Å². The number of hydrogen-bond acceptors (Lipinski definition) is 5. The van der Waals surface area contributed by atoms with Crippen molar-refractivity contribution in [2.75, 3.05) is 25.0 Å². The predicted molar refractivity (Wildman–Crippen MR) is 122 cm³/mol. The third kappa shape index (κ3) is 3.93. The van der Waals surface area contributed by atoms with E-state index in [1.165, 1.54) is 26.7 Å². The molecule has 2 saturated heterocycles. The second kappa shape index (κ2) is 8.34. The predicted octanol–water partition coefficient (Wildman–Crippen LogP) is 4.41. The average Bonchev–Trinajstić information content (AvgIpc) is 3.49. The molecule has 0 spiro atoms. The van der Waals surface area contributed by atoms with Gasteiger partial charge in [-0.1, -0.05) is 30.3 Å². The van der Waals surface area contributed by atoms with Gasteiger partial charge in [0.05, 0.1) is 15.9 Å². The molecule has 5 rings (SSSR count). The molecule has 0 saturated carbocycles. The SMILES string of the molecule is O=C(Nc1ccc(C(=O)N2CC(c3ccc(-c4ccccc4)s3)C2)s1)[C@@H]1CCCN1. The van der Waals surface area contributed by atoms with Crippen LogP contribution in [0.3, 0.4) is 0 Å². The number of amides is 2. The largest absolute Gasteiger partial charge is 0.337 e. The summed E-state index contributed by atoms with van der Waals surface area (Å²) in [6.07, 6.45) is 1.90. The van der Waals surface area contributed by atoms with Gasteiger partial charge in [0.2, 0.25) is 5.91 Å². The molecule has 7 heteroatoms. The number of benzene rings is 1. The van der Waals surface area contributed by atoms with Gasteiger partial charge < -0.3 is 15.5 Å². The van der Waals surface area contributed by atoms with Gasteiger partial charge in [0.1, 0.15) is 0 Å². The van der Waals surface area contributed by atoms with E-state index < -0.39 is 0 Å². The molecule has 2 aromatic heterocycles. The lowest BCUT2D eigenvalue weighted by atomic mass is 9.98. The normalized spacial score (nSPS) is 18.9. The van der Waals surface area contributed by atoms with Gasteiger partial charge >= 0.3 is 0 Å². The number of carbonyl (C=O) groups excluding carboxylic acids is 2. The van der Waals surface area contributed by atoms with Crippen LogP contribution in [0.5, 0.6) is 0 Å². The van der Waals surface area contributed by atoms with Gasteiger partial charge in [-0.2, -0.15) is 0 Å². The number of thiophene rings is 2. The number of anilines is 1. The van der Waals surface area contributed by atoms with Gasteiger partial charge in [-0.05, 0) is 49.2 Å². The highest BCUT2D eigenvalue weighted by Crippen LogP contribution is 2.37. The zero-order chi connectivity index (χ0) is 20.5. The Hall–Kier alpha value is -2.48. The first kappa shape index (κ1) is 19.5. The Bertz CT molecular complexity index is 1050. The highest BCUT2D eigenvalue weighted by atomic mass is 32.1. The fourth-order valence-electron chi connectivity index (χ4n) is 3.95. The van der Waals surface area contributed by atoms with Crippen LogP contribution in [0.4, 0.5) is 5.00 Å². The summed E-state index contributed by atoms with van der Waals surface area (Å²) in [4.78, 5) is 30.2. The van der Waals surface area contributed by atoms with E-state index in [1.807, 2.05) is 34.4 Å². The molecule has 0 aliphatic carbocycles. The van der Waals surface area contributed by atoms with E-state index in [0.717, 1.165) is 37.5 Å². The number of carbonyl (C=O) groups is 2. The van der Waals surface area contributed by atoms with Crippen LogP contribution in [0.2, 0.25) is 0 Å². The Kier molecular flexibility index (Phi) is 5.41. The first-order chi connectivity index (χ1) is 14.7. The van der Waals surface area contributed by atoms with Crippen molar-refractivity contribution in [3.63, 3.8) is 0 Å². The molecule has 2 amide bonds. The Morgan fingerprint density at radius 2 is 1.83 bits per heavy atom.